The first-order chi connectivity index (χ1) is 10.5. The molecule has 0 radical (unpaired) electrons. The minimum absolute atomic E-state index is 0.0236. The van der Waals surface area contributed by atoms with Crippen molar-refractivity contribution in [3.8, 4) is 5.75 Å². The van der Waals surface area contributed by atoms with Crippen LogP contribution in [-0.2, 0) is 22.2 Å². The van der Waals surface area contributed by atoms with Crippen molar-refractivity contribution in [2.24, 2.45) is 0 Å². The van der Waals surface area contributed by atoms with Crippen LogP contribution in [-0.4, -0.2) is 22.1 Å². The number of ether oxygens (including phenoxy) is 1. The number of nitrogens with one attached hydrogen (secondary N) is 1. The zero-order valence-electron chi connectivity index (χ0n) is 12.3. The summed E-state index contributed by atoms with van der Waals surface area (Å²) in [5.41, 5.74) is 1.64. The molecular weight excluding hydrogens is 322 g/mol. The van der Waals surface area contributed by atoms with Gasteiger partial charge < -0.3 is 4.74 Å². The second-order valence-electron chi connectivity index (χ2n) is 4.85. The molecule has 0 fully saturated rings. The van der Waals surface area contributed by atoms with Gasteiger partial charge in [-0.2, -0.15) is 0 Å². The summed E-state index contributed by atoms with van der Waals surface area (Å²) in [6.07, 6.45) is 0.525. The Labute approximate surface area is 136 Å². The first-order valence-corrected chi connectivity index (χ1v) is 8.87. The lowest BCUT2D eigenvalue weighted by Gasteiger charge is -2.09. The summed E-state index contributed by atoms with van der Waals surface area (Å²) in [6, 6.07) is 14.4. The maximum atomic E-state index is 12.0. The number of hydrogen-bond acceptors (Lipinski definition) is 3. The molecule has 2 aromatic rings. The van der Waals surface area contributed by atoms with Gasteiger partial charge in [-0.15, -0.1) is 0 Å². The molecule has 118 valence electrons. The van der Waals surface area contributed by atoms with Crippen LogP contribution in [0.1, 0.15) is 11.1 Å². The van der Waals surface area contributed by atoms with Crippen molar-refractivity contribution < 1.29 is 13.2 Å². The second kappa shape index (κ2) is 7.63. The van der Waals surface area contributed by atoms with E-state index in [9.17, 15) is 8.42 Å². The van der Waals surface area contributed by atoms with Crippen LogP contribution in [0.15, 0.2) is 48.5 Å². The molecule has 2 rings (SSSR count). The zero-order chi connectivity index (χ0) is 16.0. The standard InChI is InChI=1S/C16H18ClNO3S/c1-21-15-8-7-14(16(17)11-15)9-10-18-22(19,20)12-13-5-3-2-4-6-13/h2-8,11,18H,9-10,12H2,1H3. The van der Waals surface area contributed by atoms with Crippen molar-refractivity contribution in [1.82, 2.24) is 4.72 Å². The van der Waals surface area contributed by atoms with E-state index < -0.39 is 10.0 Å². The van der Waals surface area contributed by atoms with Crippen LogP contribution in [0.2, 0.25) is 5.02 Å². The molecule has 0 unspecified atom stereocenters. The van der Waals surface area contributed by atoms with Gasteiger partial charge in [0, 0.05) is 11.6 Å². The van der Waals surface area contributed by atoms with Gasteiger partial charge in [0.25, 0.3) is 0 Å². The van der Waals surface area contributed by atoms with Gasteiger partial charge in [0.05, 0.1) is 12.9 Å². The number of sulfonamides is 1. The largest absolute Gasteiger partial charge is 0.497 e. The first kappa shape index (κ1) is 16.8. The number of hydrogen-bond donors (Lipinski definition) is 1. The molecule has 0 saturated heterocycles. The summed E-state index contributed by atoms with van der Waals surface area (Å²) in [4.78, 5) is 0. The molecule has 0 aliphatic rings. The van der Waals surface area contributed by atoms with Gasteiger partial charge in [-0.25, -0.2) is 13.1 Å². The highest BCUT2D eigenvalue weighted by Crippen LogP contribution is 2.22. The molecule has 0 amide bonds. The predicted octanol–water partition coefficient (Wildman–Crippen LogP) is 3.01. The lowest BCUT2D eigenvalue weighted by atomic mass is 10.1. The Balaban J connectivity index is 1.90. The molecule has 0 spiro atoms. The topological polar surface area (TPSA) is 55.4 Å². The Hall–Kier alpha value is -1.56. The van der Waals surface area contributed by atoms with Crippen LogP contribution in [0.3, 0.4) is 0 Å². The van der Waals surface area contributed by atoms with Crippen molar-refractivity contribution in [1.29, 1.82) is 0 Å². The summed E-state index contributed by atoms with van der Waals surface area (Å²) in [7, 11) is -1.78. The lowest BCUT2D eigenvalue weighted by molar-refractivity contribution is 0.414. The van der Waals surface area contributed by atoms with Crippen LogP contribution in [0.5, 0.6) is 5.75 Å². The zero-order valence-corrected chi connectivity index (χ0v) is 13.8. The highest BCUT2D eigenvalue weighted by Gasteiger charge is 2.11. The maximum absolute atomic E-state index is 12.0. The Morgan fingerprint density at radius 3 is 2.50 bits per heavy atom. The molecule has 22 heavy (non-hydrogen) atoms. The van der Waals surface area contributed by atoms with E-state index >= 15 is 0 Å². The summed E-state index contributed by atoms with van der Waals surface area (Å²) in [5, 5.41) is 0.571. The third-order valence-electron chi connectivity index (χ3n) is 3.18. The van der Waals surface area contributed by atoms with Crippen LogP contribution in [0.4, 0.5) is 0 Å². The number of halogens is 1. The average molecular weight is 340 g/mol. The Morgan fingerprint density at radius 1 is 1.14 bits per heavy atom. The van der Waals surface area contributed by atoms with E-state index in [1.807, 2.05) is 24.3 Å². The molecular formula is C16H18ClNO3S. The minimum Gasteiger partial charge on any atom is -0.497 e. The summed E-state index contributed by atoms with van der Waals surface area (Å²) >= 11 is 6.13. The van der Waals surface area contributed by atoms with E-state index in [2.05, 4.69) is 4.72 Å². The average Bonchev–Trinajstić information content (AvgIpc) is 2.49. The first-order valence-electron chi connectivity index (χ1n) is 6.84. The lowest BCUT2D eigenvalue weighted by Crippen LogP contribution is -2.27. The molecule has 2 aromatic carbocycles. The van der Waals surface area contributed by atoms with Crippen molar-refractivity contribution in [2.75, 3.05) is 13.7 Å². The quantitative estimate of drug-likeness (QED) is 0.843. The van der Waals surface area contributed by atoms with Gasteiger partial charge in [0.2, 0.25) is 10.0 Å². The van der Waals surface area contributed by atoms with E-state index in [0.29, 0.717) is 23.7 Å². The fourth-order valence-electron chi connectivity index (χ4n) is 2.04. The summed E-state index contributed by atoms with van der Waals surface area (Å²) < 4.78 is 31.7. The Morgan fingerprint density at radius 2 is 1.86 bits per heavy atom. The summed E-state index contributed by atoms with van der Waals surface area (Å²) in [6.45, 7) is 0.307. The van der Waals surface area contributed by atoms with E-state index in [1.54, 1.807) is 31.4 Å². The number of methoxy groups -OCH3 is 1. The minimum atomic E-state index is -3.35. The van der Waals surface area contributed by atoms with Gasteiger partial charge in [0.15, 0.2) is 0 Å². The van der Waals surface area contributed by atoms with Crippen LogP contribution in [0, 0.1) is 0 Å². The Bertz CT molecular complexity index is 717. The number of rotatable bonds is 7. The highest BCUT2D eigenvalue weighted by atomic mass is 35.5. The Kier molecular flexibility index (Phi) is 5.83. The van der Waals surface area contributed by atoms with E-state index in [1.165, 1.54) is 0 Å². The molecule has 0 saturated carbocycles. The van der Waals surface area contributed by atoms with Crippen LogP contribution < -0.4 is 9.46 Å². The third-order valence-corrected chi connectivity index (χ3v) is 4.89. The molecule has 0 bridgehead atoms. The van der Waals surface area contributed by atoms with Crippen molar-refractivity contribution in [2.45, 2.75) is 12.2 Å². The number of benzene rings is 2. The van der Waals surface area contributed by atoms with Gasteiger partial charge >= 0.3 is 0 Å². The molecule has 0 atom stereocenters. The van der Waals surface area contributed by atoms with Gasteiger partial charge in [-0.05, 0) is 29.7 Å². The van der Waals surface area contributed by atoms with Gasteiger partial charge in [-0.3, -0.25) is 0 Å². The van der Waals surface area contributed by atoms with E-state index in [0.717, 1.165) is 11.1 Å². The van der Waals surface area contributed by atoms with Gasteiger partial charge in [-0.1, -0.05) is 48.0 Å². The normalized spacial score (nSPS) is 11.4. The van der Waals surface area contributed by atoms with Crippen LogP contribution in [0.25, 0.3) is 0 Å². The predicted molar refractivity (Wildman–Crippen MR) is 88.8 cm³/mol. The maximum Gasteiger partial charge on any atom is 0.215 e. The fraction of sp³-hybridized carbons (Fsp3) is 0.250. The molecule has 6 heteroatoms. The SMILES string of the molecule is COc1ccc(CCNS(=O)(=O)Cc2ccccc2)c(Cl)c1. The van der Waals surface area contributed by atoms with Crippen molar-refractivity contribution >= 4 is 21.6 Å². The molecule has 0 heterocycles. The van der Waals surface area contributed by atoms with Crippen molar-refractivity contribution in [3.05, 3.63) is 64.7 Å². The van der Waals surface area contributed by atoms with Crippen molar-refractivity contribution in [3.63, 3.8) is 0 Å². The monoisotopic (exact) mass is 339 g/mol. The highest BCUT2D eigenvalue weighted by molar-refractivity contribution is 7.88. The molecule has 0 aliphatic heterocycles. The van der Waals surface area contributed by atoms with E-state index in [4.69, 9.17) is 16.3 Å². The van der Waals surface area contributed by atoms with E-state index in [-0.39, 0.29) is 5.75 Å². The van der Waals surface area contributed by atoms with Gasteiger partial charge in [0.1, 0.15) is 5.75 Å². The molecule has 4 nitrogen and oxygen atoms in total. The third kappa shape index (κ3) is 5.02. The summed E-state index contributed by atoms with van der Waals surface area (Å²) in [5.74, 6) is 0.655. The van der Waals surface area contributed by atoms with Crippen LogP contribution >= 0.6 is 11.6 Å². The second-order valence-corrected chi connectivity index (χ2v) is 7.06. The fourth-order valence-corrected chi connectivity index (χ4v) is 3.46. The molecule has 0 aromatic heterocycles. The molecule has 1 N–H and O–H groups in total. The molecule has 0 aliphatic carbocycles. The smallest absolute Gasteiger partial charge is 0.215 e.